The highest BCUT2D eigenvalue weighted by Gasteiger charge is 2.33. The number of aryl methyl sites for hydroxylation is 2. The maximum atomic E-state index is 11.6. The van der Waals surface area contributed by atoms with Gasteiger partial charge in [-0.3, -0.25) is 142 Å². The van der Waals surface area contributed by atoms with Gasteiger partial charge in [-0.2, -0.15) is 0 Å². The number of barbiturate groups is 4. The van der Waals surface area contributed by atoms with Crippen molar-refractivity contribution in [1.82, 2.24) is 63.8 Å². The lowest BCUT2D eigenvalue weighted by molar-refractivity contribution is -0.380. The Balaban J connectivity index is 0.000000188. The Kier molecular flexibility index (Phi) is 29.8. The van der Waals surface area contributed by atoms with E-state index in [9.17, 15) is 102 Å². The van der Waals surface area contributed by atoms with E-state index in [1.54, 1.807) is 74.5 Å². The number of halogens is 1. The van der Waals surface area contributed by atoms with Gasteiger partial charge in [-0.25, -0.2) is 19.2 Å². The fourth-order valence-corrected chi connectivity index (χ4v) is 11.4. The molecule has 13 N–H and O–H groups in total. The number of thiocarbonyl (C=S) groups is 2. The molecule has 6 aliphatic rings. The van der Waals surface area contributed by atoms with E-state index < -0.39 is 105 Å². The van der Waals surface area contributed by atoms with Crippen molar-refractivity contribution in [3.63, 3.8) is 0 Å². The molecule has 0 bridgehead atoms. The molecule has 6 aliphatic heterocycles. The Morgan fingerprint density at radius 2 is 0.805 bits per heavy atom. The first kappa shape index (κ1) is 85.5. The highest BCUT2D eigenvalue weighted by molar-refractivity contribution is 7.80. The van der Waals surface area contributed by atoms with Crippen molar-refractivity contribution < 1.29 is 106 Å². The number of imide groups is 8. The minimum Gasteiger partial charge on any atom is -0.507 e. The van der Waals surface area contributed by atoms with Crippen molar-refractivity contribution >= 4 is 210 Å². The summed E-state index contributed by atoms with van der Waals surface area (Å²) in [5.41, 5.74) is 3.05. The van der Waals surface area contributed by atoms with E-state index in [0.717, 1.165) is 28.2 Å². The van der Waals surface area contributed by atoms with Gasteiger partial charge < -0.3 is 19.3 Å². The fourth-order valence-electron chi connectivity index (χ4n) is 9.20. The molecule has 0 unspecified atom stereocenters. The van der Waals surface area contributed by atoms with Crippen LogP contribution in [0.15, 0.2) is 149 Å². The van der Waals surface area contributed by atoms with Crippen LogP contribution in [0.2, 0.25) is 5.02 Å². The highest BCUT2D eigenvalue weighted by atomic mass is 35.5. The molecule has 0 aliphatic carbocycles. The Bertz CT molecular complexity index is 5050. The summed E-state index contributed by atoms with van der Waals surface area (Å²) in [6, 6.07) is 25.0. The van der Waals surface area contributed by atoms with Crippen LogP contribution in [0.5, 0.6) is 23.0 Å². The van der Waals surface area contributed by atoms with Crippen LogP contribution < -0.4 is 78.0 Å². The van der Waals surface area contributed by atoms with Crippen LogP contribution in [0.3, 0.4) is 0 Å². The van der Waals surface area contributed by atoms with Gasteiger partial charge in [0.15, 0.2) is 21.7 Å². The van der Waals surface area contributed by atoms with E-state index in [1.165, 1.54) is 74.9 Å². The fraction of sp³-hybridized carbons (Fsp3) is 0.0857. The number of nitrogens with zero attached hydrogens (tertiary/aromatic N) is 2. The number of hydrogen-bond acceptors (Lipinski definition) is 28. The second-order valence-electron chi connectivity index (χ2n) is 22.1. The molecular formula is C70H55ClN14O24S4. The minimum atomic E-state index is -0.890. The number of phenols is 1. The lowest BCUT2D eigenvalue weighted by atomic mass is 10.0. The Morgan fingerprint density at radius 1 is 0.442 bits per heavy atom. The van der Waals surface area contributed by atoms with Crippen molar-refractivity contribution in [2.45, 2.75) is 20.8 Å². The smallest absolute Gasteiger partial charge is 0.328 e. The Hall–Kier alpha value is -14.8. The quantitative estimate of drug-likeness (QED) is 0.0242. The third-order valence-electron chi connectivity index (χ3n) is 14.3. The molecule has 6 aromatic rings. The molecule has 38 nitrogen and oxygen atoms in total. The summed E-state index contributed by atoms with van der Waals surface area (Å²) >= 11 is 17.2. The number of carbonyl (C=O) groups is 16. The zero-order valence-electron chi connectivity index (χ0n) is 58.4. The number of urea groups is 4. The minimum absolute atomic E-state index is 0.0363. The van der Waals surface area contributed by atoms with Crippen LogP contribution in [-0.4, -0.2) is 141 Å². The largest absolute Gasteiger partial charge is 0.507 e. The molecule has 0 radical (unpaired) electrons. The van der Waals surface area contributed by atoms with Gasteiger partial charge >= 0.3 is 34.1 Å². The van der Waals surface area contributed by atoms with E-state index in [-0.39, 0.29) is 70.2 Å². The summed E-state index contributed by atoms with van der Waals surface area (Å²) in [6.07, 6.45) is 11.4. The van der Waals surface area contributed by atoms with E-state index in [4.69, 9.17) is 38.0 Å². The first-order chi connectivity index (χ1) is 53.6. The van der Waals surface area contributed by atoms with Crippen LogP contribution in [0, 0.1) is 34.1 Å². The molecule has 580 valence electrons. The number of amides is 20. The average Bonchev–Trinajstić information content (AvgIpc) is 1.02. The van der Waals surface area contributed by atoms with Crippen molar-refractivity contribution in [2.75, 3.05) is 20.8 Å². The Morgan fingerprint density at radius 3 is 1.17 bits per heavy atom. The van der Waals surface area contributed by atoms with Crippen LogP contribution >= 0.6 is 58.7 Å². The van der Waals surface area contributed by atoms with Crippen molar-refractivity contribution in [3.8, 4) is 23.0 Å². The van der Waals surface area contributed by atoms with Gasteiger partial charge in [0.05, 0.1) is 35.7 Å². The number of rotatable bonds is 13. The predicted molar refractivity (Wildman–Crippen MR) is 410 cm³/mol. The molecule has 2 aromatic heterocycles. The van der Waals surface area contributed by atoms with E-state index in [2.05, 4.69) is 33.5 Å². The molecule has 4 aromatic carbocycles. The molecule has 12 rings (SSSR count). The number of benzene rings is 4. The molecule has 6 saturated heterocycles. The standard InChI is InChI=1S/C13H11ClN2O5.2C13H12N2O4.C13H10N2O2S.C9H5N3O5S.C9H5N3O4S2/c1-20-8-4-3-6(9(14)10(8)21-2)5-7-11(17)15-13(19)16-12(7)18;1-6-3-8(4-7(2)10(6)16)5-9-11(17)14-13(19)15-12(9)18;1-2-19-9-5-3-8(4-6-9)7-10-11(16)14-13(18)15-12(10)17;16-11-10(12(17)15-13(18)14-11)8-4-7-9-5-2-1-3-6-9;13-7-5(8(14)11-9(15)10-7)3-4-1-2-6(18-4)12(16)17;13-7-5(8(14)11-9(17)10-7)3-4-1-2-6(18-4)12(15)16/h3-5H,1-2H3,(H2,15,16,17,18,19);3-5,16H,1-2H3,(H2,14,15,17,18,19);3-7H,2H2,1H3,(H2,14,15,16,17,18);1-8H,(H2,14,15,16,17,18);1-3H,(H2,10,11,13,14,15);1-3H,(H2,10,11,13,14,17)/b;;;7-4+;;. The number of methoxy groups -OCH3 is 2. The number of allylic oxidation sites excluding steroid dienone is 2. The van der Waals surface area contributed by atoms with E-state index >= 15 is 0 Å². The number of nitro groups is 2. The van der Waals surface area contributed by atoms with Crippen molar-refractivity contribution in [1.29, 1.82) is 0 Å². The number of aromatic hydroxyl groups is 1. The van der Waals surface area contributed by atoms with Crippen LogP contribution in [0.4, 0.5) is 29.2 Å². The molecule has 0 saturated carbocycles. The maximum absolute atomic E-state index is 11.6. The summed E-state index contributed by atoms with van der Waals surface area (Å²) in [5.74, 6) is -6.79. The third-order valence-corrected chi connectivity index (χ3v) is 17.1. The molecule has 0 spiro atoms. The summed E-state index contributed by atoms with van der Waals surface area (Å²) in [5, 5.41) is 55.7. The van der Waals surface area contributed by atoms with Gasteiger partial charge in [0.25, 0.3) is 70.9 Å². The monoisotopic (exact) mass is 1640 g/mol. The lowest BCUT2D eigenvalue weighted by Crippen LogP contribution is -2.51. The number of ether oxygens (including phenoxy) is 3. The second kappa shape index (κ2) is 39.4. The molecule has 20 amide bonds. The average molecular weight is 1640 g/mol. The van der Waals surface area contributed by atoms with Crippen LogP contribution in [0.25, 0.3) is 36.5 Å². The zero-order valence-corrected chi connectivity index (χ0v) is 62.4. The van der Waals surface area contributed by atoms with Gasteiger partial charge in [0.1, 0.15) is 44.9 Å². The molecule has 113 heavy (non-hydrogen) atoms. The molecular weight excluding hydrogens is 1580 g/mol. The van der Waals surface area contributed by atoms with Gasteiger partial charge in [0, 0.05) is 21.9 Å². The second-order valence-corrected chi connectivity index (χ2v) is 25.5. The zero-order chi connectivity index (χ0) is 83.1. The van der Waals surface area contributed by atoms with Gasteiger partial charge in [-0.05, 0) is 164 Å². The molecule has 6 fully saturated rings. The molecule has 0 atom stereocenters. The first-order valence-electron chi connectivity index (χ1n) is 31.5. The number of hydrogen-bond donors (Lipinski definition) is 13. The Labute approximate surface area is 658 Å². The van der Waals surface area contributed by atoms with Gasteiger partial charge in [-0.15, -0.1) is 0 Å². The summed E-state index contributed by atoms with van der Waals surface area (Å²) in [7, 11) is 2.87. The highest BCUT2D eigenvalue weighted by Crippen LogP contribution is 2.38. The molecule has 8 heterocycles. The number of carbonyl (C=O) groups excluding carboxylic acids is 16. The number of thiophene rings is 2. The van der Waals surface area contributed by atoms with E-state index in [1.807, 2.05) is 79.8 Å². The lowest BCUT2D eigenvalue weighted by Gasteiger charge is -2.15. The third kappa shape index (κ3) is 24.1. The first-order valence-corrected chi connectivity index (χ1v) is 34.3. The summed E-state index contributed by atoms with van der Waals surface area (Å²) < 4.78 is 15.5. The van der Waals surface area contributed by atoms with E-state index in [0.29, 0.717) is 55.7 Å². The topological polar surface area (TPSA) is 552 Å². The number of phenolic OH excluding ortho intramolecular Hbond substituents is 1. The molecule has 43 heteroatoms. The van der Waals surface area contributed by atoms with Gasteiger partial charge in [-0.1, -0.05) is 88.9 Å². The predicted octanol–water partition coefficient (Wildman–Crippen LogP) is 4.83. The van der Waals surface area contributed by atoms with Gasteiger partial charge in [0.2, 0.25) is 0 Å². The van der Waals surface area contributed by atoms with Crippen LogP contribution in [-0.2, 0) is 57.5 Å². The van der Waals surface area contributed by atoms with Crippen molar-refractivity contribution in [2.24, 2.45) is 0 Å². The van der Waals surface area contributed by atoms with Crippen molar-refractivity contribution in [3.05, 3.63) is 217 Å². The summed E-state index contributed by atoms with van der Waals surface area (Å²) in [6.45, 7) is 5.88. The van der Waals surface area contributed by atoms with Crippen LogP contribution in [0.1, 0.15) is 50.1 Å². The normalized spacial score (nSPS) is 15.0. The SMILES string of the molecule is CCOc1ccc(C=C2C(=O)NC(=O)NC2=O)cc1.COc1ccc(C=C2C(=O)NC(=O)NC2=O)c(Cl)c1OC.Cc1cc(C=C2C(=O)NC(=O)NC2=O)cc(C)c1O.O=C1NC(=O)C(=Cc2ccc([N+](=O)[O-])s2)C(=O)N1.O=C1NC(=S)NC(=O)C1=C/C=C/c1ccccc1.O=C1NC(=S)NC(=O)C1=Cc1ccc([N+](=O)[O-])s1. The summed E-state index contributed by atoms with van der Waals surface area (Å²) in [4.78, 5) is 202. The number of nitrogens with one attached hydrogen (secondary N) is 12. The maximum Gasteiger partial charge on any atom is 0.328 e.